The van der Waals surface area contributed by atoms with E-state index >= 15 is 0 Å². The molecule has 0 spiro atoms. The predicted octanol–water partition coefficient (Wildman–Crippen LogP) is 1.49. The molecule has 1 saturated heterocycles. The van der Waals surface area contributed by atoms with Gasteiger partial charge in [-0.25, -0.2) is 8.42 Å². The lowest BCUT2D eigenvalue weighted by Crippen LogP contribution is -2.50. The number of hydrogen-bond donors (Lipinski definition) is 0. The minimum Gasteiger partial charge on any atom is -0.366 e. The molecule has 7 heteroatoms. The summed E-state index contributed by atoms with van der Waals surface area (Å²) in [6.07, 6.45) is 5.37. The van der Waals surface area contributed by atoms with Crippen molar-refractivity contribution < 1.29 is 8.42 Å². The zero-order valence-corrected chi connectivity index (χ0v) is 13.6. The SMILES string of the molecule is CC(C)S(=O)(=O)N1CCN(c2cncc3cccnc23)CC1. The smallest absolute Gasteiger partial charge is 0.216 e. The molecular weight excluding hydrogens is 300 g/mol. The van der Waals surface area contributed by atoms with Gasteiger partial charge in [-0.05, 0) is 26.0 Å². The molecule has 0 bridgehead atoms. The first-order valence-corrected chi connectivity index (χ1v) is 8.93. The zero-order valence-electron chi connectivity index (χ0n) is 12.8. The molecule has 3 rings (SSSR count). The van der Waals surface area contributed by atoms with Crippen LogP contribution in [-0.4, -0.2) is 54.1 Å². The summed E-state index contributed by atoms with van der Waals surface area (Å²) in [5.41, 5.74) is 1.89. The molecular formula is C15H20N4O2S. The van der Waals surface area contributed by atoms with E-state index in [1.807, 2.05) is 18.3 Å². The van der Waals surface area contributed by atoms with Crippen molar-refractivity contribution in [1.82, 2.24) is 14.3 Å². The molecule has 22 heavy (non-hydrogen) atoms. The van der Waals surface area contributed by atoms with E-state index in [-0.39, 0.29) is 5.25 Å². The molecule has 0 aromatic carbocycles. The maximum atomic E-state index is 12.2. The van der Waals surface area contributed by atoms with Crippen LogP contribution in [0.2, 0.25) is 0 Å². The van der Waals surface area contributed by atoms with Gasteiger partial charge in [0.15, 0.2) is 0 Å². The Balaban J connectivity index is 1.82. The number of pyridine rings is 2. The van der Waals surface area contributed by atoms with Gasteiger partial charge in [0.25, 0.3) is 0 Å². The lowest BCUT2D eigenvalue weighted by atomic mass is 10.2. The minimum absolute atomic E-state index is 0.375. The van der Waals surface area contributed by atoms with E-state index < -0.39 is 10.0 Å². The van der Waals surface area contributed by atoms with Crippen molar-refractivity contribution in [3.63, 3.8) is 0 Å². The molecule has 2 aromatic rings. The number of aromatic nitrogens is 2. The summed E-state index contributed by atoms with van der Waals surface area (Å²) in [6.45, 7) is 5.76. The number of nitrogens with zero attached hydrogens (tertiary/aromatic N) is 4. The third-order valence-electron chi connectivity index (χ3n) is 4.03. The Labute approximate surface area is 130 Å². The minimum atomic E-state index is -3.17. The Bertz CT molecular complexity index is 763. The fraction of sp³-hybridized carbons (Fsp3) is 0.467. The van der Waals surface area contributed by atoms with Gasteiger partial charge in [-0.2, -0.15) is 4.31 Å². The van der Waals surface area contributed by atoms with Crippen molar-refractivity contribution >= 4 is 26.6 Å². The maximum absolute atomic E-state index is 12.2. The summed E-state index contributed by atoms with van der Waals surface area (Å²) in [6, 6.07) is 3.87. The van der Waals surface area contributed by atoms with Crippen LogP contribution in [0.3, 0.4) is 0 Å². The largest absolute Gasteiger partial charge is 0.366 e. The van der Waals surface area contributed by atoms with Gasteiger partial charge < -0.3 is 4.90 Å². The van der Waals surface area contributed by atoms with Crippen LogP contribution < -0.4 is 4.90 Å². The molecule has 0 radical (unpaired) electrons. The molecule has 3 heterocycles. The summed E-state index contributed by atoms with van der Waals surface area (Å²) < 4.78 is 26.0. The van der Waals surface area contributed by atoms with Crippen molar-refractivity contribution in [2.24, 2.45) is 0 Å². The van der Waals surface area contributed by atoms with Crippen LogP contribution in [0.1, 0.15) is 13.8 Å². The number of anilines is 1. The van der Waals surface area contributed by atoms with Gasteiger partial charge in [0, 0.05) is 44.0 Å². The summed E-state index contributed by atoms with van der Waals surface area (Å²) in [7, 11) is -3.17. The summed E-state index contributed by atoms with van der Waals surface area (Å²) >= 11 is 0. The molecule has 0 unspecified atom stereocenters. The summed E-state index contributed by atoms with van der Waals surface area (Å²) in [5.74, 6) is 0. The highest BCUT2D eigenvalue weighted by Crippen LogP contribution is 2.25. The van der Waals surface area contributed by atoms with Crippen LogP contribution in [0.5, 0.6) is 0 Å². The van der Waals surface area contributed by atoms with Gasteiger partial charge in [-0.15, -0.1) is 0 Å². The first-order chi connectivity index (χ1) is 10.5. The number of hydrogen-bond acceptors (Lipinski definition) is 5. The van der Waals surface area contributed by atoms with Crippen molar-refractivity contribution in [2.45, 2.75) is 19.1 Å². The number of fused-ring (bicyclic) bond motifs is 1. The molecule has 0 N–H and O–H groups in total. The highest BCUT2D eigenvalue weighted by Gasteiger charge is 2.29. The predicted molar refractivity (Wildman–Crippen MR) is 87.4 cm³/mol. The highest BCUT2D eigenvalue weighted by atomic mass is 32.2. The van der Waals surface area contributed by atoms with Gasteiger partial charge in [0.05, 0.1) is 22.7 Å². The molecule has 0 aliphatic carbocycles. The highest BCUT2D eigenvalue weighted by molar-refractivity contribution is 7.89. The maximum Gasteiger partial charge on any atom is 0.216 e. The van der Waals surface area contributed by atoms with E-state index in [2.05, 4.69) is 14.9 Å². The monoisotopic (exact) mass is 320 g/mol. The Hall–Kier alpha value is -1.73. The molecule has 0 saturated carbocycles. The van der Waals surface area contributed by atoms with Gasteiger partial charge >= 0.3 is 0 Å². The standard InChI is InChI=1S/C15H20N4O2S/c1-12(2)22(20,21)19-8-6-18(7-9-19)14-11-16-10-13-4-3-5-17-15(13)14/h3-5,10-12H,6-9H2,1-2H3. The van der Waals surface area contributed by atoms with E-state index in [0.717, 1.165) is 16.6 Å². The fourth-order valence-corrected chi connectivity index (χ4v) is 3.97. The molecule has 0 amide bonds. The van der Waals surface area contributed by atoms with Gasteiger partial charge in [-0.1, -0.05) is 0 Å². The first-order valence-electron chi connectivity index (χ1n) is 7.43. The molecule has 118 valence electrons. The second-order valence-corrected chi connectivity index (χ2v) is 8.20. The Morgan fingerprint density at radius 3 is 2.55 bits per heavy atom. The van der Waals surface area contributed by atoms with Crippen LogP contribution >= 0.6 is 0 Å². The third-order valence-corrected chi connectivity index (χ3v) is 6.30. The van der Waals surface area contributed by atoms with Gasteiger partial charge in [0.2, 0.25) is 10.0 Å². The second-order valence-electron chi connectivity index (χ2n) is 5.71. The molecule has 1 aliphatic heterocycles. The lowest BCUT2D eigenvalue weighted by molar-refractivity contribution is 0.381. The van der Waals surface area contributed by atoms with Crippen LogP contribution in [0.4, 0.5) is 5.69 Å². The lowest BCUT2D eigenvalue weighted by Gasteiger charge is -2.36. The van der Waals surface area contributed by atoms with Gasteiger partial charge in [0.1, 0.15) is 0 Å². The van der Waals surface area contributed by atoms with Gasteiger partial charge in [-0.3, -0.25) is 9.97 Å². The second kappa shape index (κ2) is 5.81. The summed E-state index contributed by atoms with van der Waals surface area (Å²) in [4.78, 5) is 10.9. The van der Waals surface area contributed by atoms with Crippen LogP contribution in [0, 0.1) is 0 Å². The van der Waals surface area contributed by atoms with Crippen molar-refractivity contribution in [3.05, 3.63) is 30.7 Å². The van der Waals surface area contributed by atoms with Crippen LogP contribution in [0.15, 0.2) is 30.7 Å². The topological polar surface area (TPSA) is 66.4 Å². The molecule has 2 aromatic heterocycles. The third kappa shape index (κ3) is 2.66. The molecule has 0 atom stereocenters. The van der Waals surface area contributed by atoms with Crippen molar-refractivity contribution in [2.75, 3.05) is 31.1 Å². The average molecular weight is 320 g/mol. The summed E-state index contributed by atoms with van der Waals surface area (Å²) in [5, 5.41) is 0.622. The van der Waals surface area contributed by atoms with E-state index in [1.54, 1.807) is 30.5 Å². The van der Waals surface area contributed by atoms with E-state index in [9.17, 15) is 8.42 Å². The van der Waals surface area contributed by atoms with Crippen LogP contribution in [-0.2, 0) is 10.0 Å². The molecule has 1 fully saturated rings. The fourth-order valence-electron chi connectivity index (χ4n) is 2.70. The molecule has 6 nitrogen and oxygen atoms in total. The Morgan fingerprint density at radius 1 is 1.14 bits per heavy atom. The first kappa shape index (κ1) is 15.2. The normalized spacial score (nSPS) is 17.3. The number of rotatable bonds is 3. The van der Waals surface area contributed by atoms with E-state index in [0.29, 0.717) is 26.2 Å². The zero-order chi connectivity index (χ0) is 15.7. The van der Waals surface area contributed by atoms with E-state index in [1.165, 1.54) is 0 Å². The van der Waals surface area contributed by atoms with Crippen LogP contribution in [0.25, 0.3) is 10.9 Å². The number of sulfonamides is 1. The Kier molecular flexibility index (Phi) is 4.01. The molecule has 1 aliphatic rings. The van der Waals surface area contributed by atoms with Crippen molar-refractivity contribution in [3.8, 4) is 0 Å². The van der Waals surface area contributed by atoms with Crippen molar-refractivity contribution in [1.29, 1.82) is 0 Å². The quantitative estimate of drug-likeness (QED) is 0.857. The average Bonchev–Trinajstić information content (AvgIpc) is 2.54. The number of piperazine rings is 1. The Morgan fingerprint density at radius 2 is 1.86 bits per heavy atom. The van der Waals surface area contributed by atoms with E-state index in [4.69, 9.17) is 0 Å².